The number of hydrogen-bond donors (Lipinski definition) is 0. The summed E-state index contributed by atoms with van der Waals surface area (Å²) in [5, 5.41) is 0. The SMILES string of the molecule is CCOC(=O)N1CCN(C(=O)c2cncc(C(=O)N3CCCC(C)C3)c2)CC1. The Morgan fingerprint density at radius 1 is 1.00 bits per heavy atom. The second-order valence-corrected chi connectivity index (χ2v) is 7.44. The number of amides is 3. The van der Waals surface area contributed by atoms with Crippen LogP contribution in [0.1, 0.15) is 47.4 Å². The Hall–Kier alpha value is -2.64. The van der Waals surface area contributed by atoms with E-state index < -0.39 is 0 Å². The minimum absolute atomic E-state index is 0.0687. The van der Waals surface area contributed by atoms with E-state index in [0.717, 1.165) is 25.9 Å². The van der Waals surface area contributed by atoms with Crippen molar-refractivity contribution < 1.29 is 19.1 Å². The van der Waals surface area contributed by atoms with Crippen LogP contribution in [0.25, 0.3) is 0 Å². The summed E-state index contributed by atoms with van der Waals surface area (Å²) in [7, 11) is 0. The molecule has 2 fully saturated rings. The van der Waals surface area contributed by atoms with Gasteiger partial charge in [0.2, 0.25) is 0 Å². The first kappa shape index (κ1) is 20.1. The third-order valence-electron chi connectivity index (χ3n) is 5.27. The van der Waals surface area contributed by atoms with Crippen LogP contribution in [0, 0.1) is 5.92 Å². The molecule has 8 nitrogen and oxygen atoms in total. The van der Waals surface area contributed by atoms with Crippen LogP contribution in [0.15, 0.2) is 18.5 Å². The van der Waals surface area contributed by atoms with E-state index in [9.17, 15) is 14.4 Å². The summed E-state index contributed by atoms with van der Waals surface area (Å²) in [6, 6.07) is 1.63. The fourth-order valence-electron chi connectivity index (χ4n) is 3.72. The molecule has 0 spiro atoms. The van der Waals surface area contributed by atoms with E-state index >= 15 is 0 Å². The molecule has 0 saturated carbocycles. The molecule has 1 unspecified atom stereocenters. The van der Waals surface area contributed by atoms with Gasteiger partial charge in [0.1, 0.15) is 0 Å². The Kier molecular flexibility index (Phi) is 6.49. The second kappa shape index (κ2) is 9.03. The lowest BCUT2D eigenvalue weighted by atomic mass is 9.99. The van der Waals surface area contributed by atoms with Crippen LogP contribution in [0.3, 0.4) is 0 Å². The number of hydrogen-bond acceptors (Lipinski definition) is 5. The molecule has 1 atom stereocenters. The maximum Gasteiger partial charge on any atom is 0.409 e. The van der Waals surface area contributed by atoms with E-state index in [4.69, 9.17) is 4.74 Å². The average Bonchev–Trinajstić information content (AvgIpc) is 2.73. The lowest BCUT2D eigenvalue weighted by Crippen LogP contribution is -2.50. The molecule has 1 aromatic rings. The Bertz CT molecular complexity index is 731. The summed E-state index contributed by atoms with van der Waals surface area (Å²) in [5.41, 5.74) is 0.852. The van der Waals surface area contributed by atoms with Crippen LogP contribution < -0.4 is 0 Å². The minimum Gasteiger partial charge on any atom is -0.450 e. The Balaban J connectivity index is 1.63. The van der Waals surface area contributed by atoms with Crippen molar-refractivity contribution >= 4 is 17.9 Å². The zero-order valence-electron chi connectivity index (χ0n) is 16.6. The van der Waals surface area contributed by atoms with Gasteiger partial charge in [-0.05, 0) is 31.7 Å². The molecule has 0 aliphatic carbocycles. The molecule has 2 aliphatic rings. The number of nitrogens with zero attached hydrogens (tertiary/aromatic N) is 4. The third-order valence-corrected chi connectivity index (χ3v) is 5.27. The van der Waals surface area contributed by atoms with Crippen LogP contribution in [-0.4, -0.2) is 83.5 Å². The molecule has 3 amide bonds. The van der Waals surface area contributed by atoms with Crippen molar-refractivity contribution in [3.05, 3.63) is 29.6 Å². The number of piperazine rings is 1. The van der Waals surface area contributed by atoms with Gasteiger partial charge in [-0.15, -0.1) is 0 Å². The quantitative estimate of drug-likeness (QED) is 0.789. The average molecular weight is 388 g/mol. The predicted molar refractivity (Wildman–Crippen MR) is 103 cm³/mol. The zero-order chi connectivity index (χ0) is 20.1. The number of piperidine rings is 1. The van der Waals surface area contributed by atoms with Crippen molar-refractivity contribution in [3.63, 3.8) is 0 Å². The van der Waals surface area contributed by atoms with Crippen molar-refractivity contribution in [2.24, 2.45) is 5.92 Å². The molecular formula is C20H28N4O4. The molecule has 2 saturated heterocycles. The van der Waals surface area contributed by atoms with E-state index in [1.54, 1.807) is 22.8 Å². The van der Waals surface area contributed by atoms with Crippen molar-refractivity contribution in [3.8, 4) is 0 Å². The van der Waals surface area contributed by atoms with E-state index in [1.807, 2.05) is 4.90 Å². The third kappa shape index (κ3) is 4.61. The molecule has 0 bridgehead atoms. The molecule has 28 heavy (non-hydrogen) atoms. The molecule has 0 radical (unpaired) electrons. The molecule has 0 aromatic carbocycles. The van der Waals surface area contributed by atoms with Gasteiger partial charge >= 0.3 is 6.09 Å². The number of ether oxygens (including phenoxy) is 1. The second-order valence-electron chi connectivity index (χ2n) is 7.44. The highest BCUT2D eigenvalue weighted by Gasteiger charge is 2.27. The maximum atomic E-state index is 12.8. The number of pyridine rings is 1. The van der Waals surface area contributed by atoms with Crippen molar-refractivity contribution in [1.82, 2.24) is 19.7 Å². The van der Waals surface area contributed by atoms with Crippen LogP contribution in [0.4, 0.5) is 4.79 Å². The molecule has 8 heteroatoms. The number of likely N-dealkylation sites (tertiary alicyclic amines) is 1. The standard InChI is InChI=1S/C20H28N4O4/c1-3-28-20(27)23-9-7-22(8-10-23)18(25)16-11-17(13-21-12-16)19(26)24-6-4-5-15(2)14-24/h11-13,15H,3-10,14H2,1-2H3. The summed E-state index contributed by atoms with van der Waals surface area (Å²) in [4.78, 5) is 46.6. The highest BCUT2D eigenvalue weighted by molar-refractivity contribution is 5.99. The summed E-state index contributed by atoms with van der Waals surface area (Å²) >= 11 is 0. The Morgan fingerprint density at radius 3 is 2.21 bits per heavy atom. The van der Waals surface area contributed by atoms with E-state index in [-0.39, 0.29) is 17.9 Å². The number of carbonyl (C=O) groups excluding carboxylic acids is 3. The van der Waals surface area contributed by atoms with E-state index in [2.05, 4.69) is 11.9 Å². The first-order valence-electron chi connectivity index (χ1n) is 9.95. The van der Waals surface area contributed by atoms with Crippen molar-refractivity contribution in [1.29, 1.82) is 0 Å². The fourth-order valence-corrected chi connectivity index (χ4v) is 3.72. The highest BCUT2D eigenvalue weighted by atomic mass is 16.6. The van der Waals surface area contributed by atoms with E-state index in [1.165, 1.54) is 12.4 Å². The smallest absolute Gasteiger partial charge is 0.409 e. The van der Waals surface area contributed by atoms with Crippen LogP contribution >= 0.6 is 0 Å². The predicted octanol–water partition coefficient (Wildman–Crippen LogP) is 1.87. The number of aromatic nitrogens is 1. The Labute approximate surface area is 165 Å². The molecule has 2 aliphatic heterocycles. The van der Waals surface area contributed by atoms with Gasteiger partial charge in [-0.2, -0.15) is 0 Å². The number of carbonyl (C=O) groups is 3. The molecule has 0 N–H and O–H groups in total. The highest BCUT2D eigenvalue weighted by Crippen LogP contribution is 2.18. The fraction of sp³-hybridized carbons (Fsp3) is 0.600. The Morgan fingerprint density at radius 2 is 1.61 bits per heavy atom. The summed E-state index contributed by atoms with van der Waals surface area (Å²) in [5.74, 6) is 0.254. The normalized spacial score (nSPS) is 20.1. The molecule has 3 rings (SSSR count). The summed E-state index contributed by atoms with van der Waals surface area (Å²) in [6.07, 6.45) is 4.81. The van der Waals surface area contributed by atoms with Crippen LogP contribution in [0.2, 0.25) is 0 Å². The van der Waals surface area contributed by atoms with Gasteiger partial charge in [-0.3, -0.25) is 14.6 Å². The largest absolute Gasteiger partial charge is 0.450 e. The first-order valence-corrected chi connectivity index (χ1v) is 9.95. The van der Waals surface area contributed by atoms with Crippen LogP contribution in [-0.2, 0) is 4.74 Å². The monoisotopic (exact) mass is 388 g/mol. The minimum atomic E-state index is -0.348. The summed E-state index contributed by atoms with van der Waals surface area (Å²) in [6.45, 7) is 7.46. The van der Waals surface area contributed by atoms with Gasteiger partial charge < -0.3 is 19.4 Å². The summed E-state index contributed by atoms with van der Waals surface area (Å²) < 4.78 is 5.00. The lowest BCUT2D eigenvalue weighted by Gasteiger charge is -2.34. The van der Waals surface area contributed by atoms with Crippen molar-refractivity contribution in [2.75, 3.05) is 45.9 Å². The zero-order valence-corrected chi connectivity index (χ0v) is 16.6. The van der Waals surface area contributed by atoms with Gasteiger partial charge in [-0.25, -0.2) is 4.79 Å². The molecule has 3 heterocycles. The van der Waals surface area contributed by atoms with Gasteiger partial charge in [0.15, 0.2) is 0 Å². The number of rotatable bonds is 3. The van der Waals surface area contributed by atoms with Gasteiger partial charge in [0.05, 0.1) is 17.7 Å². The molecule has 152 valence electrons. The van der Waals surface area contributed by atoms with Gasteiger partial charge in [0, 0.05) is 51.7 Å². The topological polar surface area (TPSA) is 83.0 Å². The first-order chi connectivity index (χ1) is 13.5. The van der Waals surface area contributed by atoms with Crippen molar-refractivity contribution in [2.45, 2.75) is 26.7 Å². The van der Waals surface area contributed by atoms with E-state index in [0.29, 0.717) is 49.8 Å². The lowest BCUT2D eigenvalue weighted by molar-refractivity contribution is 0.0570. The van der Waals surface area contributed by atoms with Gasteiger partial charge in [0.25, 0.3) is 11.8 Å². The van der Waals surface area contributed by atoms with Gasteiger partial charge in [-0.1, -0.05) is 6.92 Å². The molecular weight excluding hydrogens is 360 g/mol. The maximum absolute atomic E-state index is 12.8. The molecule has 1 aromatic heterocycles. The van der Waals surface area contributed by atoms with Crippen LogP contribution in [0.5, 0.6) is 0 Å².